The van der Waals surface area contributed by atoms with Gasteiger partial charge >= 0.3 is 0 Å². The van der Waals surface area contributed by atoms with Crippen molar-refractivity contribution in [2.24, 2.45) is 11.3 Å². The number of rotatable bonds is 9. The summed E-state index contributed by atoms with van der Waals surface area (Å²) in [4.78, 5) is 0. The quantitative estimate of drug-likeness (QED) is 0.644. The van der Waals surface area contributed by atoms with Crippen molar-refractivity contribution in [3.63, 3.8) is 0 Å². The van der Waals surface area contributed by atoms with Crippen molar-refractivity contribution in [2.45, 2.75) is 59.6 Å². The van der Waals surface area contributed by atoms with Gasteiger partial charge in [-0.15, -0.1) is 0 Å². The highest BCUT2D eigenvalue weighted by molar-refractivity contribution is 5.02. The molecule has 0 aromatic heterocycles. The van der Waals surface area contributed by atoms with Gasteiger partial charge in [-0.25, -0.2) is 0 Å². The summed E-state index contributed by atoms with van der Waals surface area (Å²) < 4.78 is 11.3. The van der Waals surface area contributed by atoms with Crippen LogP contribution in [-0.4, -0.2) is 38.5 Å². The molecule has 1 aliphatic rings. The zero-order chi connectivity index (χ0) is 13.6. The van der Waals surface area contributed by atoms with Gasteiger partial charge < -0.3 is 14.8 Å². The molecule has 1 aliphatic carbocycles. The maximum Gasteiger partial charge on any atom is 0.0656 e. The van der Waals surface area contributed by atoms with E-state index < -0.39 is 0 Å². The van der Waals surface area contributed by atoms with Gasteiger partial charge in [0.15, 0.2) is 0 Å². The predicted molar refractivity (Wildman–Crippen MR) is 75.9 cm³/mol. The summed E-state index contributed by atoms with van der Waals surface area (Å²) in [7, 11) is 0. The van der Waals surface area contributed by atoms with E-state index >= 15 is 0 Å². The highest BCUT2D eigenvalue weighted by atomic mass is 16.5. The molecule has 1 N–H and O–H groups in total. The summed E-state index contributed by atoms with van der Waals surface area (Å²) in [5, 5.41) is 3.63. The Hall–Kier alpha value is -0.120. The van der Waals surface area contributed by atoms with Crippen LogP contribution in [0.15, 0.2) is 0 Å². The van der Waals surface area contributed by atoms with E-state index in [9.17, 15) is 0 Å². The molecule has 1 saturated carbocycles. The van der Waals surface area contributed by atoms with Crippen LogP contribution in [-0.2, 0) is 9.47 Å². The highest BCUT2D eigenvalue weighted by Gasteiger charge is 2.48. The molecule has 2 unspecified atom stereocenters. The number of nitrogens with one attached hydrogen (secondary N) is 1. The van der Waals surface area contributed by atoms with Crippen LogP contribution < -0.4 is 5.32 Å². The second kappa shape index (κ2) is 7.46. The second-order valence-corrected chi connectivity index (χ2v) is 6.33. The minimum Gasteiger partial charge on any atom is -0.382 e. The summed E-state index contributed by atoms with van der Waals surface area (Å²) in [6, 6.07) is 0.594. The Morgan fingerprint density at radius 3 is 2.61 bits per heavy atom. The van der Waals surface area contributed by atoms with Crippen LogP contribution in [0.4, 0.5) is 0 Å². The second-order valence-electron chi connectivity index (χ2n) is 6.33. The van der Waals surface area contributed by atoms with E-state index in [1.807, 2.05) is 6.92 Å². The van der Waals surface area contributed by atoms with Crippen LogP contribution in [0.1, 0.15) is 47.5 Å². The molecule has 0 saturated heterocycles. The van der Waals surface area contributed by atoms with Crippen molar-refractivity contribution in [1.82, 2.24) is 5.32 Å². The Kier molecular flexibility index (Phi) is 6.61. The van der Waals surface area contributed by atoms with Crippen LogP contribution in [0, 0.1) is 11.3 Å². The van der Waals surface area contributed by atoms with E-state index in [4.69, 9.17) is 9.47 Å². The number of hydrogen-bond donors (Lipinski definition) is 1. The van der Waals surface area contributed by atoms with Crippen molar-refractivity contribution in [1.29, 1.82) is 0 Å². The summed E-state index contributed by atoms with van der Waals surface area (Å²) in [5.41, 5.74) is 0.264. The summed E-state index contributed by atoms with van der Waals surface area (Å²) in [6.07, 6.45) is 2.66. The topological polar surface area (TPSA) is 30.5 Å². The Balaban J connectivity index is 2.14. The first-order chi connectivity index (χ1) is 8.48. The number of ether oxygens (including phenoxy) is 2. The van der Waals surface area contributed by atoms with Crippen molar-refractivity contribution in [3.05, 3.63) is 0 Å². The van der Waals surface area contributed by atoms with Gasteiger partial charge in [-0.05, 0) is 32.2 Å². The van der Waals surface area contributed by atoms with Gasteiger partial charge in [-0.1, -0.05) is 27.7 Å². The predicted octanol–water partition coefficient (Wildman–Crippen LogP) is 2.84. The molecule has 3 nitrogen and oxygen atoms in total. The molecular formula is C15H31NO2. The fourth-order valence-electron chi connectivity index (χ4n) is 2.42. The molecule has 3 heteroatoms. The van der Waals surface area contributed by atoms with E-state index in [-0.39, 0.29) is 5.41 Å². The van der Waals surface area contributed by atoms with E-state index in [1.165, 1.54) is 0 Å². The van der Waals surface area contributed by atoms with Crippen molar-refractivity contribution in [2.75, 3.05) is 26.4 Å². The lowest BCUT2D eigenvalue weighted by Gasteiger charge is -2.52. The third kappa shape index (κ3) is 4.52. The van der Waals surface area contributed by atoms with Crippen LogP contribution in [0.25, 0.3) is 0 Å². The molecule has 0 aromatic carbocycles. The third-order valence-electron chi connectivity index (χ3n) is 3.87. The molecule has 0 aliphatic heterocycles. The standard InChI is InChI=1S/C15H31NO2/c1-6-17-9-7-8-16-13-10-14(15(13,4)5)18-11-12(2)3/h12-14,16H,6-11H2,1-5H3. The molecule has 108 valence electrons. The molecule has 0 heterocycles. The fraction of sp³-hybridized carbons (Fsp3) is 1.00. The lowest BCUT2D eigenvalue weighted by atomic mass is 9.64. The van der Waals surface area contributed by atoms with Gasteiger partial charge in [0, 0.05) is 31.3 Å². The van der Waals surface area contributed by atoms with Crippen molar-refractivity contribution in [3.8, 4) is 0 Å². The first kappa shape index (κ1) is 15.9. The minimum atomic E-state index is 0.264. The Morgan fingerprint density at radius 2 is 2.06 bits per heavy atom. The maximum absolute atomic E-state index is 5.97. The minimum absolute atomic E-state index is 0.264. The van der Waals surface area contributed by atoms with E-state index in [2.05, 4.69) is 33.0 Å². The lowest BCUT2D eigenvalue weighted by Crippen LogP contribution is -2.61. The molecule has 0 bridgehead atoms. The molecule has 0 spiro atoms. The fourth-order valence-corrected chi connectivity index (χ4v) is 2.42. The summed E-state index contributed by atoms with van der Waals surface area (Å²) in [5.74, 6) is 0.624. The maximum atomic E-state index is 5.97. The van der Waals surface area contributed by atoms with Crippen LogP contribution >= 0.6 is 0 Å². The zero-order valence-electron chi connectivity index (χ0n) is 12.8. The molecular weight excluding hydrogens is 226 g/mol. The normalized spacial score (nSPS) is 26.3. The Morgan fingerprint density at radius 1 is 1.33 bits per heavy atom. The monoisotopic (exact) mass is 257 g/mol. The van der Waals surface area contributed by atoms with E-state index in [1.54, 1.807) is 0 Å². The van der Waals surface area contributed by atoms with Gasteiger partial charge in [0.2, 0.25) is 0 Å². The Labute approximate surface area is 113 Å². The van der Waals surface area contributed by atoms with Crippen molar-refractivity contribution >= 4 is 0 Å². The smallest absolute Gasteiger partial charge is 0.0656 e. The molecule has 0 amide bonds. The first-order valence-electron chi connectivity index (χ1n) is 7.41. The molecule has 18 heavy (non-hydrogen) atoms. The van der Waals surface area contributed by atoms with E-state index in [0.717, 1.165) is 39.2 Å². The Bertz CT molecular complexity index is 229. The summed E-state index contributed by atoms with van der Waals surface area (Å²) >= 11 is 0. The van der Waals surface area contributed by atoms with Gasteiger partial charge in [0.05, 0.1) is 6.10 Å². The van der Waals surface area contributed by atoms with Crippen LogP contribution in [0.2, 0.25) is 0 Å². The van der Waals surface area contributed by atoms with Crippen LogP contribution in [0.3, 0.4) is 0 Å². The molecule has 1 fully saturated rings. The third-order valence-corrected chi connectivity index (χ3v) is 3.87. The van der Waals surface area contributed by atoms with Gasteiger partial charge in [0.25, 0.3) is 0 Å². The van der Waals surface area contributed by atoms with Gasteiger partial charge in [0.1, 0.15) is 0 Å². The SMILES string of the molecule is CCOCCCNC1CC(OCC(C)C)C1(C)C. The zero-order valence-corrected chi connectivity index (χ0v) is 12.8. The van der Waals surface area contributed by atoms with Crippen LogP contribution in [0.5, 0.6) is 0 Å². The number of hydrogen-bond acceptors (Lipinski definition) is 3. The van der Waals surface area contributed by atoms with Gasteiger partial charge in [-0.3, -0.25) is 0 Å². The summed E-state index contributed by atoms with van der Waals surface area (Å²) in [6.45, 7) is 14.7. The molecule has 0 aromatic rings. The van der Waals surface area contributed by atoms with E-state index in [0.29, 0.717) is 18.1 Å². The average Bonchev–Trinajstić information content (AvgIpc) is 2.30. The lowest BCUT2D eigenvalue weighted by molar-refractivity contribution is -0.123. The average molecular weight is 257 g/mol. The molecule has 0 radical (unpaired) electrons. The molecule has 2 atom stereocenters. The first-order valence-corrected chi connectivity index (χ1v) is 7.41. The van der Waals surface area contributed by atoms with Gasteiger partial charge in [-0.2, -0.15) is 0 Å². The molecule has 1 rings (SSSR count). The highest BCUT2D eigenvalue weighted by Crippen LogP contribution is 2.42. The van der Waals surface area contributed by atoms with Crippen molar-refractivity contribution < 1.29 is 9.47 Å². The largest absolute Gasteiger partial charge is 0.382 e.